The molecule has 1 aromatic rings. The fourth-order valence-corrected chi connectivity index (χ4v) is 2.15. The number of benzene rings is 1. The third kappa shape index (κ3) is 5.02. The lowest BCUT2D eigenvalue weighted by Crippen LogP contribution is -2.45. The molecule has 0 fully saturated rings. The van der Waals surface area contributed by atoms with Crippen LogP contribution in [-0.2, 0) is 4.79 Å². The lowest BCUT2D eigenvalue weighted by molar-refractivity contribution is -0.132. The molecule has 118 valence electrons. The Labute approximate surface area is 126 Å². The molecule has 5 nitrogen and oxygen atoms in total. The third-order valence-electron chi connectivity index (χ3n) is 3.54. The smallest absolute Gasteiger partial charge is 0.239 e. The largest absolute Gasteiger partial charge is 0.497 e. The molecule has 1 amide bonds. The average molecular weight is 294 g/mol. The van der Waals surface area contributed by atoms with Gasteiger partial charge in [0.15, 0.2) is 0 Å². The van der Waals surface area contributed by atoms with E-state index in [0.29, 0.717) is 25.4 Å². The highest BCUT2D eigenvalue weighted by molar-refractivity contribution is 5.81. The summed E-state index contributed by atoms with van der Waals surface area (Å²) < 4.78 is 5.14. The fraction of sp³-hybridized carbons (Fsp3) is 0.562. The molecule has 0 aliphatic rings. The van der Waals surface area contributed by atoms with Crippen LogP contribution in [-0.4, -0.2) is 48.7 Å². The van der Waals surface area contributed by atoms with E-state index >= 15 is 0 Å². The van der Waals surface area contributed by atoms with Crippen LogP contribution >= 0.6 is 0 Å². The van der Waals surface area contributed by atoms with Crippen LogP contribution in [0.2, 0.25) is 0 Å². The van der Waals surface area contributed by atoms with Crippen molar-refractivity contribution in [2.24, 2.45) is 0 Å². The molecular formula is C16H26N2O3. The van der Waals surface area contributed by atoms with E-state index in [1.54, 1.807) is 18.1 Å². The van der Waals surface area contributed by atoms with Crippen molar-refractivity contribution in [3.8, 4) is 5.75 Å². The summed E-state index contributed by atoms with van der Waals surface area (Å²) in [5, 5.41) is 13.3. The molecule has 2 N–H and O–H groups in total. The number of ether oxygens (including phenoxy) is 1. The standard InChI is InChI=1S/C16H26N2O3/c1-5-18(6-2)16(20)12(3)17-11-15(19)13-8-7-9-14(10-13)21-4/h7-10,12,15,17,19H,5-6,11H2,1-4H3. The lowest BCUT2D eigenvalue weighted by atomic mass is 10.1. The van der Waals surface area contributed by atoms with Crippen LogP contribution in [0.1, 0.15) is 32.4 Å². The van der Waals surface area contributed by atoms with E-state index in [2.05, 4.69) is 5.32 Å². The van der Waals surface area contributed by atoms with E-state index in [0.717, 1.165) is 5.56 Å². The highest BCUT2D eigenvalue weighted by atomic mass is 16.5. The van der Waals surface area contributed by atoms with E-state index < -0.39 is 6.10 Å². The quantitative estimate of drug-likeness (QED) is 0.764. The zero-order chi connectivity index (χ0) is 15.8. The van der Waals surface area contributed by atoms with E-state index in [1.807, 2.05) is 39.0 Å². The van der Waals surface area contributed by atoms with Crippen molar-refractivity contribution in [1.82, 2.24) is 10.2 Å². The Kier molecular flexibility index (Phi) is 7.19. The van der Waals surface area contributed by atoms with Crippen LogP contribution in [0.15, 0.2) is 24.3 Å². The van der Waals surface area contributed by atoms with Gasteiger partial charge < -0.3 is 20.1 Å². The number of nitrogens with one attached hydrogen (secondary N) is 1. The normalized spacial score (nSPS) is 13.6. The Morgan fingerprint density at radius 3 is 2.62 bits per heavy atom. The molecule has 0 heterocycles. The maximum atomic E-state index is 12.1. The van der Waals surface area contributed by atoms with Crippen molar-refractivity contribution in [2.75, 3.05) is 26.7 Å². The van der Waals surface area contributed by atoms with E-state index in [4.69, 9.17) is 4.74 Å². The van der Waals surface area contributed by atoms with Gasteiger partial charge in [-0.2, -0.15) is 0 Å². The minimum atomic E-state index is -0.674. The lowest BCUT2D eigenvalue weighted by Gasteiger charge is -2.24. The van der Waals surface area contributed by atoms with Gasteiger partial charge in [0.25, 0.3) is 0 Å². The van der Waals surface area contributed by atoms with Gasteiger partial charge in [-0.05, 0) is 38.5 Å². The third-order valence-corrected chi connectivity index (χ3v) is 3.54. The first-order chi connectivity index (χ1) is 10.0. The van der Waals surface area contributed by atoms with Gasteiger partial charge in [0.2, 0.25) is 5.91 Å². The minimum Gasteiger partial charge on any atom is -0.497 e. The summed E-state index contributed by atoms with van der Waals surface area (Å²) in [5.74, 6) is 0.761. The molecular weight excluding hydrogens is 268 g/mol. The molecule has 0 aliphatic heterocycles. The first-order valence-corrected chi connectivity index (χ1v) is 7.37. The number of rotatable bonds is 8. The van der Waals surface area contributed by atoms with Gasteiger partial charge in [-0.15, -0.1) is 0 Å². The zero-order valence-corrected chi connectivity index (χ0v) is 13.3. The number of carbonyl (C=O) groups excluding carboxylic acids is 1. The molecule has 0 bridgehead atoms. The topological polar surface area (TPSA) is 61.8 Å². The van der Waals surface area contributed by atoms with Crippen LogP contribution in [0.25, 0.3) is 0 Å². The molecule has 0 spiro atoms. The number of hydrogen-bond acceptors (Lipinski definition) is 4. The molecule has 0 radical (unpaired) electrons. The van der Waals surface area contributed by atoms with Crippen LogP contribution in [0.3, 0.4) is 0 Å². The van der Waals surface area contributed by atoms with Gasteiger partial charge in [0.05, 0.1) is 19.3 Å². The van der Waals surface area contributed by atoms with Crippen LogP contribution < -0.4 is 10.1 Å². The summed E-state index contributed by atoms with van der Waals surface area (Å²) in [5.41, 5.74) is 0.768. The summed E-state index contributed by atoms with van der Waals surface area (Å²) in [4.78, 5) is 13.9. The first kappa shape index (κ1) is 17.5. The summed E-state index contributed by atoms with van der Waals surface area (Å²) in [6.45, 7) is 7.44. The van der Waals surface area contributed by atoms with Gasteiger partial charge in [-0.1, -0.05) is 12.1 Å². The summed E-state index contributed by atoms with van der Waals surface area (Å²) in [7, 11) is 1.59. The number of nitrogens with zero attached hydrogens (tertiary/aromatic N) is 1. The first-order valence-electron chi connectivity index (χ1n) is 7.37. The summed E-state index contributed by atoms with van der Waals surface area (Å²) in [6.07, 6.45) is -0.674. The highest BCUT2D eigenvalue weighted by Gasteiger charge is 2.19. The number of methoxy groups -OCH3 is 1. The molecule has 2 atom stereocenters. The molecule has 1 rings (SSSR count). The Morgan fingerprint density at radius 1 is 1.38 bits per heavy atom. The molecule has 0 saturated heterocycles. The number of amides is 1. The van der Waals surface area contributed by atoms with Gasteiger partial charge in [0.1, 0.15) is 5.75 Å². The van der Waals surface area contributed by atoms with Gasteiger partial charge >= 0.3 is 0 Å². The van der Waals surface area contributed by atoms with Crippen molar-refractivity contribution in [3.63, 3.8) is 0 Å². The highest BCUT2D eigenvalue weighted by Crippen LogP contribution is 2.18. The van der Waals surface area contributed by atoms with Gasteiger partial charge in [0, 0.05) is 19.6 Å². The van der Waals surface area contributed by atoms with Gasteiger partial charge in [-0.3, -0.25) is 4.79 Å². The van der Waals surface area contributed by atoms with Crippen LogP contribution in [0.4, 0.5) is 0 Å². The monoisotopic (exact) mass is 294 g/mol. The predicted octanol–water partition coefficient (Wildman–Crippen LogP) is 1.58. The van der Waals surface area contributed by atoms with Crippen molar-refractivity contribution >= 4 is 5.91 Å². The fourth-order valence-electron chi connectivity index (χ4n) is 2.15. The van der Waals surface area contributed by atoms with E-state index in [1.165, 1.54) is 0 Å². The average Bonchev–Trinajstić information content (AvgIpc) is 2.53. The van der Waals surface area contributed by atoms with Crippen molar-refractivity contribution < 1.29 is 14.6 Å². The van der Waals surface area contributed by atoms with Crippen LogP contribution in [0, 0.1) is 0 Å². The molecule has 2 unspecified atom stereocenters. The number of hydrogen-bond donors (Lipinski definition) is 2. The molecule has 0 saturated carbocycles. The summed E-state index contributed by atoms with van der Waals surface area (Å²) in [6, 6.07) is 6.98. The Balaban J connectivity index is 2.55. The Hall–Kier alpha value is -1.59. The predicted molar refractivity (Wildman–Crippen MR) is 83.3 cm³/mol. The number of aliphatic hydroxyl groups is 1. The number of carbonyl (C=O) groups is 1. The second kappa shape index (κ2) is 8.64. The van der Waals surface area contributed by atoms with Crippen molar-refractivity contribution in [3.05, 3.63) is 29.8 Å². The Morgan fingerprint density at radius 2 is 2.05 bits per heavy atom. The maximum absolute atomic E-state index is 12.1. The second-order valence-corrected chi connectivity index (χ2v) is 4.93. The molecule has 1 aromatic carbocycles. The van der Waals surface area contributed by atoms with Crippen molar-refractivity contribution in [1.29, 1.82) is 0 Å². The van der Waals surface area contributed by atoms with E-state index in [-0.39, 0.29) is 11.9 Å². The molecule has 0 aromatic heterocycles. The SMILES string of the molecule is CCN(CC)C(=O)C(C)NCC(O)c1cccc(OC)c1. The zero-order valence-electron chi connectivity index (χ0n) is 13.3. The van der Waals surface area contributed by atoms with E-state index in [9.17, 15) is 9.90 Å². The maximum Gasteiger partial charge on any atom is 0.239 e. The molecule has 5 heteroatoms. The van der Waals surface area contributed by atoms with Crippen LogP contribution in [0.5, 0.6) is 5.75 Å². The second-order valence-electron chi connectivity index (χ2n) is 4.93. The minimum absolute atomic E-state index is 0.0536. The molecule has 21 heavy (non-hydrogen) atoms. The summed E-state index contributed by atoms with van der Waals surface area (Å²) >= 11 is 0. The molecule has 0 aliphatic carbocycles. The number of likely N-dealkylation sites (N-methyl/N-ethyl adjacent to an activating group) is 1. The van der Waals surface area contributed by atoms with Gasteiger partial charge in [-0.25, -0.2) is 0 Å². The Bertz CT molecular complexity index is 447. The number of aliphatic hydroxyl groups excluding tert-OH is 1. The van der Waals surface area contributed by atoms with Crippen molar-refractivity contribution in [2.45, 2.75) is 32.9 Å².